The third-order valence-electron chi connectivity index (χ3n) is 1.38. The monoisotopic (exact) mass is 147 g/mol. The lowest BCUT2D eigenvalue weighted by molar-refractivity contribution is 0.0401. The van der Waals surface area contributed by atoms with Gasteiger partial charge in [0.25, 0.3) is 0 Å². The van der Waals surface area contributed by atoms with E-state index in [4.69, 9.17) is 5.26 Å². The van der Waals surface area contributed by atoms with Gasteiger partial charge in [-0.05, 0) is 12.1 Å². The Morgan fingerprint density at radius 1 is 1.36 bits per heavy atom. The molecule has 0 unspecified atom stereocenters. The van der Waals surface area contributed by atoms with Crippen molar-refractivity contribution < 1.29 is 4.74 Å². The first-order valence-corrected chi connectivity index (χ1v) is 3.28. The van der Waals surface area contributed by atoms with Gasteiger partial charge in [-0.2, -0.15) is 5.26 Å². The molecule has 2 heteroatoms. The van der Waals surface area contributed by atoms with Gasteiger partial charge in [-0.25, -0.2) is 0 Å². The summed E-state index contributed by atoms with van der Waals surface area (Å²) in [5.74, 6) is 0. The van der Waals surface area contributed by atoms with E-state index in [1.54, 1.807) is 12.1 Å². The molecule has 0 amide bonds. The van der Waals surface area contributed by atoms with Gasteiger partial charge in [0, 0.05) is 5.56 Å². The van der Waals surface area contributed by atoms with Gasteiger partial charge >= 0.3 is 0 Å². The summed E-state index contributed by atoms with van der Waals surface area (Å²) in [6.07, 6.45) is 0. The molecule has 0 aliphatic rings. The Bertz CT molecular complexity index is 258. The third kappa shape index (κ3) is 2.06. The van der Waals surface area contributed by atoms with E-state index in [9.17, 15) is 0 Å². The van der Waals surface area contributed by atoms with Crippen molar-refractivity contribution in [2.24, 2.45) is 0 Å². The predicted molar refractivity (Wildman–Crippen MR) is 42.4 cm³/mol. The highest BCUT2D eigenvalue weighted by molar-refractivity contribution is 5.31. The van der Waals surface area contributed by atoms with Crippen LogP contribution in [0.15, 0.2) is 24.3 Å². The van der Waals surface area contributed by atoms with Gasteiger partial charge in [-0.1, -0.05) is 19.2 Å². The van der Waals surface area contributed by atoms with Gasteiger partial charge in [0.15, 0.2) is 0 Å². The highest BCUT2D eigenvalue weighted by Crippen LogP contribution is 2.02. The number of nitriles is 1. The molecule has 0 bridgehead atoms. The van der Waals surface area contributed by atoms with Crippen LogP contribution < -0.4 is 0 Å². The number of hydrogen-bond donors (Lipinski definition) is 0. The zero-order valence-electron chi connectivity index (χ0n) is 6.12. The van der Waals surface area contributed by atoms with Crippen molar-refractivity contribution in [3.63, 3.8) is 0 Å². The molecule has 0 aliphatic heterocycles. The first-order chi connectivity index (χ1) is 5.36. The predicted octanol–water partition coefficient (Wildman–Crippen LogP) is 1.38. The van der Waals surface area contributed by atoms with Gasteiger partial charge in [0.05, 0.1) is 11.6 Å². The summed E-state index contributed by atoms with van der Waals surface area (Å²) in [5, 5.41) is 8.47. The van der Waals surface area contributed by atoms with E-state index in [-0.39, 0.29) is 0 Å². The second-order valence-corrected chi connectivity index (χ2v) is 2.19. The highest BCUT2D eigenvalue weighted by atomic mass is 16.5. The van der Waals surface area contributed by atoms with Crippen molar-refractivity contribution in [3.05, 3.63) is 42.5 Å². The SMILES string of the molecule is [CH2-][OH+]Cc1ccc(C#N)cc1. The van der Waals surface area contributed by atoms with Crippen LogP contribution in [-0.2, 0) is 6.61 Å². The topological polar surface area (TPSA) is 36.6 Å². The van der Waals surface area contributed by atoms with Crippen molar-refractivity contribution in [3.8, 4) is 6.07 Å². The quantitative estimate of drug-likeness (QED) is 0.460. The fourth-order valence-electron chi connectivity index (χ4n) is 0.814. The van der Waals surface area contributed by atoms with E-state index in [0.717, 1.165) is 5.56 Å². The molecular weight excluding hydrogens is 138 g/mol. The molecule has 11 heavy (non-hydrogen) atoms. The van der Waals surface area contributed by atoms with Crippen LogP contribution in [0.3, 0.4) is 0 Å². The molecule has 0 spiro atoms. The van der Waals surface area contributed by atoms with Gasteiger partial charge in [-0.15, -0.1) is 0 Å². The normalized spacial score (nSPS) is 9.09. The van der Waals surface area contributed by atoms with Gasteiger partial charge in [-0.3, -0.25) is 0 Å². The molecule has 0 radical (unpaired) electrons. The van der Waals surface area contributed by atoms with Crippen molar-refractivity contribution in [1.82, 2.24) is 0 Å². The zero-order chi connectivity index (χ0) is 8.10. The molecule has 0 saturated heterocycles. The largest absolute Gasteiger partial charge is 0.578 e. The molecule has 1 aromatic carbocycles. The molecule has 0 aromatic heterocycles. The van der Waals surface area contributed by atoms with E-state index in [1.165, 1.54) is 0 Å². The summed E-state index contributed by atoms with van der Waals surface area (Å²) in [6, 6.07) is 9.37. The average Bonchev–Trinajstić information content (AvgIpc) is 2.07. The van der Waals surface area contributed by atoms with E-state index in [0.29, 0.717) is 12.2 Å². The summed E-state index contributed by atoms with van der Waals surface area (Å²) in [6.45, 7) is 0.617. The lowest BCUT2D eigenvalue weighted by atomic mass is 10.2. The molecule has 0 heterocycles. The van der Waals surface area contributed by atoms with Crippen LogP contribution in [-0.4, -0.2) is 4.74 Å². The van der Waals surface area contributed by atoms with Gasteiger partial charge in [0.2, 0.25) is 0 Å². The number of aliphatic hydroxyl groups is 2. The highest BCUT2D eigenvalue weighted by Gasteiger charge is 1.92. The maximum atomic E-state index is 8.47. The van der Waals surface area contributed by atoms with E-state index in [1.807, 2.05) is 12.1 Å². The van der Waals surface area contributed by atoms with E-state index < -0.39 is 0 Å². The van der Waals surface area contributed by atoms with Crippen LogP contribution in [0.25, 0.3) is 0 Å². The first kappa shape index (κ1) is 7.77. The minimum atomic E-state index is 0.617. The van der Waals surface area contributed by atoms with Crippen LogP contribution in [0, 0.1) is 18.4 Å². The fourth-order valence-corrected chi connectivity index (χ4v) is 0.814. The Kier molecular flexibility index (Phi) is 2.65. The van der Waals surface area contributed by atoms with Crippen LogP contribution in [0.5, 0.6) is 0 Å². The Hall–Kier alpha value is -1.33. The Morgan fingerprint density at radius 3 is 2.45 bits per heavy atom. The lowest BCUT2D eigenvalue weighted by Crippen LogP contribution is -1.88. The van der Waals surface area contributed by atoms with Crippen molar-refractivity contribution >= 4 is 0 Å². The minimum Gasteiger partial charge on any atom is -0.578 e. The van der Waals surface area contributed by atoms with Crippen molar-refractivity contribution in [2.45, 2.75) is 6.61 Å². The molecule has 1 N–H and O–H groups in total. The first-order valence-electron chi connectivity index (χ1n) is 3.28. The number of ether oxygens (including phenoxy) is 1. The summed E-state index contributed by atoms with van der Waals surface area (Å²) >= 11 is 0. The van der Waals surface area contributed by atoms with Crippen LogP contribution in [0.4, 0.5) is 0 Å². The van der Waals surface area contributed by atoms with Crippen LogP contribution in [0.2, 0.25) is 0 Å². The minimum absolute atomic E-state index is 0.617. The molecule has 1 aromatic rings. The lowest BCUT2D eigenvalue weighted by Gasteiger charge is -1.99. The molecule has 0 aliphatic carbocycles. The Balaban J connectivity index is 2.76. The molecule has 0 atom stereocenters. The number of rotatable bonds is 2. The molecule has 1 rings (SSSR count). The van der Waals surface area contributed by atoms with Crippen molar-refractivity contribution in [1.29, 1.82) is 5.26 Å². The van der Waals surface area contributed by atoms with Crippen LogP contribution >= 0.6 is 0 Å². The number of hydrogen-bond acceptors (Lipinski definition) is 1. The Labute approximate surface area is 66.0 Å². The molecular formula is C9H9NO. The zero-order valence-corrected chi connectivity index (χ0v) is 6.12. The average molecular weight is 147 g/mol. The summed E-state index contributed by atoms with van der Waals surface area (Å²) < 4.78 is 3.73. The standard InChI is InChI=1S/C9H9NO/c1-11-7-9-4-2-8(6-10)3-5-9/h2-5,11H,1,7H2. The summed E-state index contributed by atoms with van der Waals surface area (Å²) in [5.41, 5.74) is 1.76. The number of nitrogens with zero attached hydrogens (tertiary/aromatic N) is 1. The molecule has 0 fully saturated rings. The maximum absolute atomic E-state index is 8.47. The number of benzene rings is 1. The maximum Gasteiger partial charge on any atom is 0.145 e. The van der Waals surface area contributed by atoms with E-state index in [2.05, 4.69) is 17.9 Å². The molecule has 56 valence electrons. The van der Waals surface area contributed by atoms with E-state index >= 15 is 0 Å². The third-order valence-corrected chi connectivity index (χ3v) is 1.38. The Morgan fingerprint density at radius 2 is 2.00 bits per heavy atom. The summed E-state index contributed by atoms with van der Waals surface area (Å²) in [4.78, 5) is 0. The van der Waals surface area contributed by atoms with Gasteiger partial charge in [0.1, 0.15) is 6.61 Å². The fraction of sp³-hybridized carbons (Fsp3) is 0.111. The van der Waals surface area contributed by atoms with Gasteiger partial charge < -0.3 is 4.74 Å². The summed E-state index contributed by atoms with van der Waals surface area (Å²) in [7, 11) is 3.38. The van der Waals surface area contributed by atoms with Crippen LogP contribution in [0.1, 0.15) is 11.1 Å². The molecule has 0 saturated carbocycles. The second kappa shape index (κ2) is 3.75. The smallest absolute Gasteiger partial charge is 0.145 e. The molecule has 2 nitrogen and oxygen atoms in total. The van der Waals surface area contributed by atoms with Crippen molar-refractivity contribution in [2.75, 3.05) is 0 Å². The second-order valence-electron chi connectivity index (χ2n) is 2.19.